The molecule has 1 aromatic carbocycles. The molecule has 0 amide bonds. The zero-order valence-corrected chi connectivity index (χ0v) is 16.9. The van der Waals surface area contributed by atoms with Crippen LogP contribution >= 0.6 is 11.3 Å². The third-order valence-corrected chi connectivity index (χ3v) is 5.16. The van der Waals surface area contributed by atoms with Gasteiger partial charge in [-0.1, -0.05) is 18.2 Å². The number of ether oxygens (including phenoxy) is 2. The highest BCUT2D eigenvalue weighted by molar-refractivity contribution is 7.12. The molecular weight excluding hydrogens is 376 g/mol. The van der Waals surface area contributed by atoms with Crippen molar-refractivity contribution in [3.8, 4) is 10.9 Å². The van der Waals surface area contributed by atoms with Gasteiger partial charge in [0, 0.05) is 22.3 Å². The van der Waals surface area contributed by atoms with Crippen LogP contribution in [0.4, 0.5) is 0 Å². The molecule has 0 saturated carbocycles. The van der Waals surface area contributed by atoms with Gasteiger partial charge in [0.25, 0.3) is 0 Å². The molecule has 0 unspecified atom stereocenters. The summed E-state index contributed by atoms with van der Waals surface area (Å²) in [5.74, 6) is -0.00478. The fourth-order valence-electron chi connectivity index (χ4n) is 2.85. The largest absolute Gasteiger partial charge is 0.493 e. The Bertz CT molecular complexity index is 976. The summed E-state index contributed by atoms with van der Waals surface area (Å²) in [6.07, 6.45) is 0.0829. The number of esters is 1. The maximum atomic E-state index is 12.5. The van der Waals surface area contributed by atoms with Crippen LogP contribution in [0.25, 0.3) is 5.13 Å². The van der Waals surface area contributed by atoms with E-state index in [-0.39, 0.29) is 25.4 Å². The highest BCUT2D eigenvalue weighted by atomic mass is 32.1. The molecule has 0 atom stereocenters. The van der Waals surface area contributed by atoms with Crippen LogP contribution in [-0.2, 0) is 9.53 Å². The molecule has 146 valence electrons. The quantitative estimate of drug-likeness (QED) is 0.423. The van der Waals surface area contributed by atoms with Crippen molar-refractivity contribution >= 4 is 23.1 Å². The molecule has 0 saturated heterocycles. The molecule has 6 nitrogen and oxygen atoms in total. The number of thiazole rings is 1. The Kier molecular flexibility index (Phi) is 6.26. The molecule has 7 heteroatoms. The Morgan fingerprint density at radius 1 is 1.14 bits per heavy atom. The number of rotatable bonds is 8. The van der Waals surface area contributed by atoms with Gasteiger partial charge in [-0.15, -0.1) is 11.3 Å². The normalized spacial score (nSPS) is 10.7. The van der Waals surface area contributed by atoms with E-state index in [0.717, 1.165) is 22.2 Å². The zero-order valence-electron chi connectivity index (χ0n) is 16.1. The van der Waals surface area contributed by atoms with E-state index >= 15 is 0 Å². The van der Waals surface area contributed by atoms with Gasteiger partial charge in [-0.25, -0.2) is 4.98 Å². The van der Waals surface area contributed by atoms with E-state index < -0.39 is 5.97 Å². The summed E-state index contributed by atoms with van der Waals surface area (Å²) in [5.41, 5.74) is 3.18. The third kappa shape index (κ3) is 4.67. The van der Waals surface area contributed by atoms with Gasteiger partial charge in [0.1, 0.15) is 5.75 Å². The van der Waals surface area contributed by atoms with Crippen molar-refractivity contribution in [1.29, 1.82) is 0 Å². The lowest BCUT2D eigenvalue weighted by Gasteiger charge is -2.07. The molecule has 0 bridgehead atoms. The van der Waals surface area contributed by atoms with Crippen molar-refractivity contribution in [1.82, 2.24) is 9.55 Å². The second-order valence-electron chi connectivity index (χ2n) is 6.39. The third-order valence-electron chi connectivity index (χ3n) is 4.21. The molecule has 28 heavy (non-hydrogen) atoms. The Labute approximate surface area is 167 Å². The highest BCUT2D eigenvalue weighted by Crippen LogP contribution is 2.23. The minimum Gasteiger partial charge on any atom is -0.493 e. The number of ketones is 1. The second kappa shape index (κ2) is 8.84. The number of benzene rings is 1. The van der Waals surface area contributed by atoms with E-state index in [1.807, 2.05) is 61.1 Å². The van der Waals surface area contributed by atoms with Gasteiger partial charge in [-0.2, -0.15) is 0 Å². The monoisotopic (exact) mass is 398 g/mol. The van der Waals surface area contributed by atoms with Gasteiger partial charge < -0.3 is 9.47 Å². The minimum atomic E-state index is -0.464. The fourth-order valence-corrected chi connectivity index (χ4v) is 3.76. The highest BCUT2D eigenvalue weighted by Gasteiger charge is 2.19. The van der Waals surface area contributed by atoms with Crippen molar-refractivity contribution in [2.75, 3.05) is 13.2 Å². The van der Waals surface area contributed by atoms with Crippen LogP contribution in [0, 0.1) is 20.8 Å². The van der Waals surface area contributed by atoms with Gasteiger partial charge >= 0.3 is 5.97 Å². The Morgan fingerprint density at radius 2 is 1.89 bits per heavy atom. The molecule has 0 aliphatic rings. The molecule has 0 aliphatic carbocycles. The lowest BCUT2D eigenvalue weighted by atomic mass is 10.1. The number of hydrogen-bond donors (Lipinski definition) is 0. The SMILES string of the molecule is Cc1csc(-n2c(C)cc(C(=O)COC(=O)CCOc3ccccc3)c2C)n1. The van der Waals surface area contributed by atoms with E-state index in [4.69, 9.17) is 9.47 Å². The molecule has 0 fully saturated rings. The summed E-state index contributed by atoms with van der Waals surface area (Å²) in [7, 11) is 0. The number of para-hydroxylation sites is 1. The van der Waals surface area contributed by atoms with Crippen LogP contribution in [0.5, 0.6) is 5.75 Å². The summed E-state index contributed by atoms with van der Waals surface area (Å²) in [4.78, 5) is 28.9. The summed E-state index contributed by atoms with van der Waals surface area (Å²) < 4.78 is 12.5. The Hall–Kier alpha value is -2.93. The number of carbonyl (C=O) groups is 2. The Balaban J connectivity index is 1.54. The molecular formula is C21H22N2O4S. The standard InChI is InChI=1S/C21H22N2O4S/c1-14-13-28-21(22-14)23-15(2)11-18(16(23)3)19(24)12-27-20(25)9-10-26-17-7-5-4-6-8-17/h4-8,11,13H,9-10,12H2,1-3H3. The van der Waals surface area contributed by atoms with Crippen molar-refractivity contribution in [2.24, 2.45) is 0 Å². The maximum Gasteiger partial charge on any atom is 0.309 e. The summed E-state index contributed by atoms with van der Waals surface area (Å²) >= 11 is 1.52. The van der Waals surface area contributed by atoms with E-state index in [0.29, 0.717) is 11.3 Å². The average molecular weight is 398 g/mol. The van der Waals surface area contributed by atoms with E-state index in [9.17, 15) is 9.59 Å². The second-order valence-corrected chi connectivity index (χ2v) is 7.22. The number of hydrogen-bond acceptors (Lipinski definition) is 6. The van der Waals surface area contributed by atoms with Crippen molar-refractivity contribution in [3.05, 3.63) is 64.4 Å². The fraction of sp³-hybridized carbons (Fsp3) is 0.286. The lowest BCUT2D eigenvalue weighted by Crippen LogP contribution is -2.16. The number of Topliss-reactive ketones (excluding diaryl/α,β-unsaturated/α-hetero) is 1. The smallest absolute Gasteiger partial charge is 0.309 e. The molecule has 0 N–H and O–H groups in total. The topological polar surface area (TPSA) is 70.4 Å². The predicted molar refractivity (Wildman–Crippen MR) is 107 cm³/mol. The first-order valence-electron chi connectivity index (χ1n) is 8.94. The first kappa shape index (κ1) is 19.8. The van der Waals surface area contributed by atoms with E-state index in [1.165, 1.54) is 11.3 Å². The van der Waals surface area contributed by atoms with Gasteiger partial charge in [-0.05, 0) is 39.0 Å². The van der Waals surface area contributed by atoms with Crippen LogP contribution in [0.1, 0.15) is 33.9 Å². The molecule has 3 rings (SSSR count). The lowest BCUT2D eigenvalue weighted by molar-refractivity contribution is -0.143. The first-order valence-corrected chi connectivity index (χ1v) is 9.82. The van der Waals surface area contributed by atoms with Crippen molar-refractivity contribution < 1.29 is 19.1 Å². The van der Waals surface area contributed by atoms with Gasteiger partial charge in [0.15, 0.2) is 11.7 Å². The number of aryl methyl sites for hydroxylation is 2. The van der Waals surface area contributed by atoms with Crippen molar-refractivity contribution in [3.63, 3.8) is 0 Å². The molecule has 2 aromatic heterocycles. The Morgan fingerprint density at radius 3 is 2.57 bits per heavy atom. The van der Waals surface area contributed by atoms with Crippen LogP contribution in [0.2, 0.25) is 0 Å². The van der Waals surface area contributed by atoms with E-state index in [1.54, 1.807) is 6.07 Å². The van der Waals surface area contributed by atoms with Crippen LogP contribution in [0.15, 0.2) is 41.8 Å². The molecule has 3 aromatic rings. The number of aromatic nitrogens is 2. The van der Waals surface area contributed by atoms with Crippen molar-refractivity contribution in [2.45, 2.75) is 27.2 Å². The van der Waals surface area contributed by atoms with E-state index in [2.05, 4.69) is 4.98 Å². The molecule has 0 radical (unpaired) electrons. The van der Waals surface area contributed by atoms with Crippen LogP contribution in [-0.4, -0.2) is 34.5 Å². The van der Waals surface area contributed by atoms with Crippen LogP contribution < -0.4 is 4.74 Å². The molecule has 0 aliphatic heterocycles. The average Bonchev–Trinajstić information content (AvgIpc) is 3.23. The number of carbonyl (C=O) groups excluding carboxylic acids is 2. The number of nitrogens with zero attached hydrogens (tertiary/aromatic N) is 2. The summed E-state index contributed by atoms with van der Waals surface area (Å²) in [5, 5.41) is 2.79. The molecule has 2 heterocycles. The maximum absolute atomic E-state index is 12.5. The van der Waals surface area contributed by atoms with Crippen LogP contribution in [0.3, 0.4) is 0 Å². The van der Waals surface area contributed by atoms with Gasteiger partial charge in [0.2, 0.25) is 5.78 Å². The summed E-state index contributed by atoms with van der Waals surface area (Å²) in [6.45, 7) is 5.64. The van der Waals surface area contributed by atoms with Gasteiger partial charge in [0.05, 0.1) is 18.7 Å². The minimum absolute atomic E-state index is 0.0829. The van der Waals surface area contributed by atoms with Gasteiger partial charge in [-0.3, -0.25) is 14.2 Å². The molecule has 0 spiro atoms. The zero-order chi connectivity index (χ0) is 20.1. The summed E-state index contributed by atoms with van der Waals surface area (Å²) in [6, 6.07) is 11.0. The predicted octanol–water partition coefficient (Wildman–Crippen LogP) is 4.05. The first-order chi connectivity index (χ1) is 13.5.